The molecule has 3 aromatic carbocycles. The topological polar surface area (TPSA) is 69.6 Å². The second-order valence-corrected chi connectivity index (χ2v) is 7.79. The molecule has 1 aromatic heterocycles. The summed E-state index contributed by atoms with van der Waals surface area (Å²) in [7, 11) is 1.58. The average molecular weight is 473 g/mol. The minimum Gasteiger partial charge on any atom is -0.497 e. The van der Waals surface area contributed by atoms with Crippen molar-refractivity contribution in [3.05, 3.63) is 108 Å². The number of esters is 1. The Balaban J connectivity index is 1.86. The number of amides is 1. The lowest BCUT2D eigenvalue weighted by Crippen LogP contribution is -2.18. The second-order valence-electron chi connectivity index (χ2n) is 7.79. The quantitative estimate of drug-likeness (QED) is 0.330. The van der Waals surface area contributed by atoms with Crippen LogP contribution in [0.4, 0.5) is 10.1 Å². The summed E-state index contributed by atoms with van der Waals surface area (Å²) in [4.78, 5) is 26.2. The van der Waals surface area contributed by atoms with Gasteiger partial charge in [-0.25, -0.2) is 9.18 Å². The van der Waals surface area contributed by atoms with E-state index in [9.17, 15) is 14.0 Å². The van der Waals surface area contributed by atoms with E-state index in [-0.39, 0.29) is 17.9 Å². The van der Waals surface area contributed by atoms with Crippen LogP contribution in [0.5, 0.6) is 5.75 Å². The Kier molecular flexibility index (Phi) is 7.26. The lowest BCUT2D eigenvalue weighted by molar-refractivity contribution is 0.0515. The molecule has 0 radical (unpaired) electrons. The van der Waals surface area contributed by atoms with Crippen LogP contribution in [0.2, 0.25) is 0 Å². The van der Waals surface area contributed by atoms with E-state index >= 15 is 0 Å². The summed E-state index contributed by atoms with van der Waals surface area (Å²) in [5.74, 6) is -0.964. The summed E-state index contributed by atoms with van der Waals surface area (Å²) in [6.45, 7) is 2.27. The van der Waals surface area contributed by atoms with E-state index in [1.807, 2.05) is 48.7 Å². The average Bonchev–Trinajstić information content (AvgIpc) is 3.22. The maximum Gasteiger partial charge on any atom is 0.357 e. The van der Waals surface area contributed by atoms with Crippen molar-refractivity contribution in [2.24, 2.45) is 0 Å². The highest BCUT2D eigenvalue weighted by Gasteiger charge is 2.26. The molecule has 0 unspecified atom stereocenters. The summed E-state index contributed by atoms with van der Waals surface area (Å²) in [6, 6.07) is 22.3. The number of hydrogen-bond acceptors (Lipinski definition) is 4. The zero-order chi connectivity index (χ0) is 24.8. The monoisotopic (exact) mass is 472 g/mol. The molecule has 1 N–H and O–H groups in total. The fourth-order valence-electron chi connectivity index (χ4n) is 3.81. The smallest absolute Gasteiger partial charge is 0.357 e. The first-order valence-corrected chi connectivity index (χ1v) is 11.2. The number of carbonyl (C=O) groups excluding carboxylic acids is 2. The molecule has 1 amide bonds. The number of halogens is 1. The molecule has 0 aliphatic carbocycles. The fourth-order valence-corrected chi connectivity index (χ4v) is 3.81. The van der Waals surface area contributed by atoms with E-state index in [0.29, 0.717) is 23.5 Å². The third-order valence-corrected chi connectivity index (χ3v) is 5.47. The van der Waals surface area contributed by atoms with Crippen molar-refractivity contribution in [3.8, 4) is 16.9 Å². The van der Waals surface area contributed by atoms with Crippen molar-refractivity contribution in [2.75, 3.05) is 19.0 Å². The highest BCUT2D eigenvalue weighted by Crippen LogP contribution is 2.35. The number of benzene rings is 3. The third kappa shape index (κ3) is 5.41. The van der Waals surface area contributed by atoms with Gasteiger partial charge < -0.3 is 19.4 Å². The number of methoxy groups -OCH3 is 1. The lowest BCUT2D eigenvalue weighted by atomic mass is 10.1. The molecule has 0 spiro atoms. The zero-order valence-electron chi connectivity index (χ0n) is 19.5. The molecule has 6 nitrogen and oxygen atoms in total. The van der Waals surface area contributed by atoms with Crippen LogP contribution in [0.3, 0.4) is 0 Å². The Morgan fingerprint density at radius 3 is 2.37 bits per heavy atom. The molecule has 0 bridgehead atoms. The highest BCUT2D eigenvalue weighted by molar-refractivity contribution is 6.10. The maximum absolute atomic E-state index is 13.8. The van der Waals surface area contributed by atoms with Gasteiger partial charge in [-0.3, -0.25) is 4.79 Å². The van der Waals surface area contributed by atoms with E-state index in [1.54, 1.807) is 30.7 Å². The lowest BCUT2D eigenvalue weighted by Gasteiger charge is -2.12. The molecule has 7 heteroatoms. The Bertz CT molecular complexity index is 1330. The van der Waals surface area contributed by atoms with Crippen LogP contribution in [-0.4, -0.2) is 30.2 Å². The van der Waals surface area contributed by atoms with Crippen molar-refractivity contribution in [1.29, 1.82) is 0 Å². The number of hydrogen-bond donors (Lipinski definition) is 1. The molecule has 0 fully saturated rings. The predicted molar refractivity (Wildman–Crippen MR) is 132 cm³/mol. The standard InChI is InChI=1S/C28H25FN2O4/c1-3-35-28(33)26-25(30-27(32)21-10-7-11-22(29)16-21)24(20-12-14-23(34-2)15-13-20)18-31(26)17-19-8-5-4-6-9-19/h4-16,18H,3,17H2,1-2H3,(H,30,32). The maximum atomic E-state index is 13.8. The molecule has 0 saturated heterocycles. The molecule has 35 heavy (non-hydrogen) atoms. The molecule has 4 rings (SSSR count). The summed E-state index contributed by atoms with van der Waals surface area (Å²) >= 11 is 0. The molecule has 4 aromatic rings. The van der Waals surface area contributed by atoms with Gasteiger partial charge in [0.05, 0.1) is 19.4 Å². The van der Waals surface area contributed by atoms with Gasteiger partial charge in [-0.2, -0.15) is 0 Å². The first kappa shape index (κ1) is 23.8. The first-order valence-electron chi connectivity index (χ1n) is 11.2. The highest BCUT2D eigenvalue weighted by atomic mass is 19.1. The molecular weight excluding hydrogens is 447 g/mol. The van der Waals surface area contributed by atoms with Crippen molar-refractivity contribution in [1.82, 2.24) is 4.57 Å². The van der Waals surface area contributed by atoms with E-state index in [2.05, 4.69) is 5.32 Å². The number of nitrogens with one attached hydrogen (secondary N) is 1. The van der Waals surface area contributed by atoms with Gasteiger partial charge in [0.15, 0.2) is 5.69 Å². The SMILES string of the molecule is CCOC(=O)c1c(NC(=O)c2cccc(F)c2)c(-c2ccc(OC)cc2)cn1Cc1ccccc1. The third-order valence-electron chi connectivity index (χ3n) is 5.47. The molecule has 0 aliphatic rings. The summed E-state index contributed by atoms with van der Waals surface area (Å²) in [5, 5.41) is 2.84. The van der Waals surface area contributed by atoms with Crippen molar-refractivity contribution >= 4 is 17.6 Å². The van der Waals surface area contributed by atoms with Crippen LogP contribution in [-0.2, 0) is 11.3 Å². The van der Waals surface area contributed by atoms with E-state index in [1.165, 1.54) is 18.2 Å². The Hall–Kier alpha value is -4.39. The number of anilines is 1. The molecule has 0 aliphatic heterocycles. The van der Waals surface area contributed by atoms with E-state index < -0.39 is 17.7 Å². The molecule has 1 heterocycles. The van der Waals surface area contributed by atoms with Crippen molar-refractivity contribution in [3.63, 3.8) is 0 Å². The molecular formula is C28H25FN2O4. The summed E-state index contributed by atoms with van der Waals surface area (Å²) in [6.07, 6.45) is 1.81. The molecule has 0 saturated carbocycles. The number of ether oxygens (including phenoxy) is 2. The Labute approximate surface area is 202 Å². The number of nitrogens with zero attached hydrogens (tertiary/aromatic N) is 1. The Morgan fingerprint density at radius 2 is 1.71 bits per heavy atom. The van der Waals surface area contributed by atoms with Gasteiger partial charge in [0.25, 0.3) is 5.91 Å². The van der Waals surface area contributed by atoms with Gasteiger partial charge in [-0.05, 0) is 48.4 Å². The van der Waals surface area contributed by atoms with Crippen molar-refractivity contribution < 1.29 is 23.5 Å². The van der Waals surface area contributed by atoms with E-state index in [0.717, 1.165) is 17.2 Å². The van der Waals surface area contributed by atoms with Gasteiger partial charge in [-0.1, -0.05) is 48.5 Å². The summed E-state index contributed by atoms with van der Waals surface area (Å²) < 4.78 is 26.1. The van der Waals surface area contributed by atoms with Gasteiger partial charge in [0, 0.05) is 23.9 Å². The Morgan fingerprint density at radius 1 is 0.971 bits per heavy atom. The number of aromatic nitrogens is 1. The summed E-state index contributed by atoms with van der Waals surface area (Å²) in [5.41, 5.74) is 2.98. The van der Waals surface area contributed by atoms with Crippen LogP contribution in [0, 0.1) is 5.82 Å². The first-order chi connectivity index (χ1) is 17.0. The number of rotatable bonds is 8. The van der Waals surface area contributed by atoms with Gasteiger partial charge in [0.2, 0.25) is 0 Å². The normalized spacial score (nSPS) is 10.6. The molecule has 0 atom stereocenters. The fraction of sp³-hybridized carbons (Fsp3) is 0.143. The largest absolute Gasteiger partial charge is 0.497 e. The van der Waals surface area contributed by atoms with Crippen LogP contribution in [0.15, 0.2) is 85.1 Å². The second kappa shape index (κ2) is 10.7. The van der Waals surface area contributed by atoms with Crippen LogP contribution in [0.25, 0.3) is 11.1 Å². The van der Waals surface area contributed by atoms with Crippen LogP contribution < -0.4 is 10.1 Å². The van der Waals surface area contributed by atoms with Gasteiger partial charge >= 0.3 is 5.97 Å². The van der Waals surface area contributed by atoms with Crippen LogP contribution in [0.1, 0.15) is 33.3 Å². The van der Waals surface area contributed by atoms with Crippen molar-refractivity contribution in [2.45, 2.75) is 13.5 Å². The minimum absolute atomic E-state index is 0.135. The number of carbonyl (C=O) groups is 2. The minimum atomic E-state index is -0.572. The predicted octanol–water partition coefficient (Wildman–Crippen LogP) is 5.78. The van der Waals surface area contributed by atoms with Gasteiger partial charge in [0.1, 0.15) is 11.6 Å². The van der Waals surface area contributed by atoms with E-state index in [4.69, 9.17) is 9.47 Å². The zero-order valence-corrected chi connectivity index (χ0v) is 19.5. The van der Waals surface area contributed by atoms with Gasteiger partial charge in [-0.15, -0.1) is 0 Å². The van der Waals surface area contributed by atoms with Crippen LogP contribution >= 0.6 is 0 Å². The molecule has 178 valence electrons.